The van der Waals surface area contributed by atoms with Crippen molar-refractivity contribution < 1.29 is 4.74 Å². The van der Waals surface area contributed by atoms with Crippen LogP contribution >= 0.6 is 0 Å². The molecule has 1 heteroatoms. The fraction of sp³-hybridized carbons (Fsp3) is 0.600. The Morgan fingerprint density at radius 1 is 1.06 bits per heavy atom. The van der Waals surface area contributed by atoms with E-state index in [-0.39, 0.29) is 11.5 Å². The summed E-state index contributed by atoms with van der Waals surface area (Å²) in [7, 11) is 0. The molecule has 1 aromatic carbocycles. The molecule has 0 spiro atoms. The zero-order valence-electron chi connectivity index (χ0n) is 11.6. The van der Waals surface area contributed by atoms with Crippen molar-refractivity contribution in [3.8, 4) is 0 Å². The topological polar surface area (TPSA) is 9.23 Å². The standard InChI is InChI=1S/C13H20O.C2H6/c1-11(13(2,3)4)14-10-12-8-6-5-7-9-12;1-2/h5-9,11H,10H2,1-4H3;1-2H3/t11-;/m0./s1. The number of rotatable bonds is 3. The molecule has 0 heterocycles. The van der Waals surface area contributed by atoms with Crippen LogP contribution in [0.3, 0.4) is 0 Å². The van der Waals surface area contributed by atoms with Crippen molar-refractivity contribution in [3.05, 3.63) is 35.9 Å². The summed E-state index contributed by atoms with van der Waals surface area (Å²) < 4.78 is 5.79. The lowest BCUT2D eigenvalue weighted by molar-refractivity contribution is -0.0153. The summed E-state index contributed by atoms with van der Waals surface area (Å²) in [5.74, 6) is 0. The Balaban J connectivity index is 0.00000106. The predicted molar refractivity (Wildman–Crippen MR) is 71.5 cm³/mol. The van der Waals surface area contributed by atoms with Crippen molar-refractivity contribution in [1.29, 1.82) is 0 Å². The Morgan fingerprint density at radius 2 is 1.56 bits per heavy atom. The van der Waals surface area contributed by atoms with Gasteiger partial charge in [0.2, 0.25) is 0 Å². The van der Waals surface area contributed by atoms with Crippen molar-refractivity contribution in [1.82, 2.24) is 0 Å². The summed E-state index contributed by atoms with van der Waals surface area (Å²) in [4.78, 5) is 0. The first kappa shape index (κ1) is 15.2. The van der Waals surface area contributed by atoms with E-state index in [1.807, 2.05) is 32.0 Å². The molecule has 0 N–H and O–H groups in total. The van der Waals surface area contributed by atoms with Gasteiger partial charge >= 0.3 is 0 Å². The van der Waals surface area contributed by atoms with Gasteiger partial charge in [-0.2, -0.15) is 0 Å². The zero-order chi connectivity index (χ0) is 12.6. The lowest BCUT2D eigenvalue weighted by atomic mass is 9.90. The molecule has 0 aromatic heterocycles. The van der Waals surface area contributed by atoms with Crippen LogP contribution in [-0.4, -0.2) is 6.10 Å². The van der Waals surface area contributed by atoms with Gasteiger partial charge in [-0.3, -0.25) is 0 Å². The quantitative estimate of drug-likeness (QED) is 0.722. The van der Waals surface area contributed by atoms with Gasteiger partial charge in [0, 0.05) is 0 Å². The molecule has 1 atom stereocenters. The molecule has 16 heavy (non-hydrogen) atoms. The molecule has 0 aliphatic carbocycles. The van der Waals surface area contributed by atoms with Crippen LogP contribution < -0.4 is 0 Å². The van der Waals surface area contributed by atoms with E-state index in [1.165, 1.54) is 5.56 Å². The lowest BCUT2D eigenvalue weighted by Gasteiger charge is -2.27. The number of hydrogen-bond acceptors (Lipinski definition) is 1. The molecule has 0 amide bonds. The van der Waals surface area contributed by atoms with Gasteiger partial charge in [-0.25, -0.2) is 0 Å². The SMILES string of the molecule is CC.C[C@H](OCc1ccccc1)C(C)(C)C. The first-order valence-corrected chi connectivity index (χ1v) is 6.15. The van der Waals surface area contributed by atoms with E-state index < -0.39 is 0 Å². The van der Waals surface area contributed by atoms with E-state index in [0.717, 1.165) is 0 Å². The summed E-state index contributed by atoms with van der Waals surface area (Å²) in [5, 5.41) is 0. The highest BCUT2D eigenvalue weighted by Crippen LogP contribution is 2.22. The molecule has 0 saturated carbocycles. The second kappa shape index (κ2) is 7.45. The third-order valence-corrected chi connectivity index (χ3v) is 2.56. The van der Waals surface area contributed by atoms with Crippen molar-refractivity contribution in [2.24, 2.45) is 5.41 Å². The highest BCUT2D eigenvalue weighted by Gasteiger charge is 2.20. The molecule has 0 aliphatic rings. The molecule has 0 unspecified atom stereocenters. The largest absolute Gasteiger partial charge is 0.373 e. The monoisotopic (exact) mass is 222 g/mol. The molecule has 0 saturated heterocycles. The van der Waals surface area contributed by atoms with E-state index in [0.29, 0.717) is 6.61 Å². The first-order valence-electron chi connectivity index (χ1n) is 6.15. The molecule has 0 radical (unpaired) electrons. The van der Waals surface area contributed by atoms with Gasteiger partial charge in [-0.15, -0.1) is 0 Å². The minimum absolute atomic E-state index is 0.217. The zero-order valence-corrected chi connectivity index (χ0v) is 11.6. The van der Waals surface area contributed by atoms with Crippen LogP contribution in [0.2, 0.25) is 0 Å². The van der Waals surface area contributed by atoms with E-state index in [4.69, 9.17) is 4.74 Å². The molecular weight excluding hydrogens is 196 g/mol. The van der Waals surface area contributed by atoms with Gasteiger partial charge in [-0.1, -0.05) is 65.0 Å². The van der Waals surface area contributed by atoms with Crippen LogP contribution in [0, 0.1) is 5.41 Å². The minimum Gasteiger partial charge on any atom is -0.373 e. The second-order valence-electron chi connectivity index (χ2n) is 4.80. The highest BCUT2D eigenvalue weighted by molar-refractivity contribution is 5.13. The van der Waals surface area contributed by atoms with Crippen molar-refractivity contribution in [2.45, 2.75) is 54.3 Å². The van der Waals surface area contributed by atoms with E-state index >= 15 is 0 Å². The third-order valence-electron chi connectivity index (χ3n) is 2.56. The van der Waals surface area contributed by atoms with Crippen molar-refractivity contribution in [3.63, 3.8) is 0 Å². The molecule has 0 fully saturated rings. The van der Waals surface area contributed by atoms with Gasteiger partial charge in [0.05, 0.1) is 12.7 Å². The predicted octanol–water partition coefficient (Wildman–Crippen LogP) is 4.66. The minimum atomic E-state index is 0.217. The molecule has 0 aliphatic heterocycles. The van der Waals surface area contributed by atoms with Crippen molar-refractivity contribution >= 4 is 0 Å². The van der Waals surface area contributed by atoms with Gasteiger partial charge < -0.3 is 4.74 Å². The summed E-state index contributed by atoms with van der Waals surface area (Å²) in [5.41, 5.74) is 1.46. The van der Waals surface area contributed by atoms with Gasteiger partial charge in [0.15, 0.2) is 0 Å². The molecular formula is C15H26O. The lowest BCUT2D eigenvalue weighted by Crippen LogP contribution is -2.25. The van der Waals surface area contributed by atoms with Gasteiger partial charge in [-0.05, 0) is 17.9 Å². The second-order valence-corrected chi connectivity index (χ2v) is 4.80. The average molecular weight is 222 g/mol. The number of benzene rings is 1. The summed E-state index contributed by atoms with van der Waals surface area (Å²) >= 11 is 0. The van der Waals surface area contributed by atoms with Crippen molar-refractivity contribution in [2.75, 3.05) is 0 Å². The van der Waals surface area contributed by atoms with Crippen LogP contribution in [0.25, 0.3) is 0 Å². The Bertz CT molecular complexity index is 259. The molecule has 1 aromatic rings. The summed E-state index contributed by atoms with van der Waals surface area (Å²) in [6.07, 6.45) is 0.280. The molecule has 1 nitrogen and oxygen atoms in total. The maximum absolute atomic E-state index is 5.79. The molecule has 0 bridgehead atoms. The maximum atomic E-state index is 5.79. The summed E-state index contributed by atoms with van der Waals surface area (Å²) in [6, 6.07) is 10.3. The molecule has 1 rings (SSSR count). The van der Waals surface area contributed by atoms with E-state index in [9.17, 15) is 0 Å². The number of ether oxygens (including phenoxy) is 1. The fourth-order valence-electron chi connectivity index (χ4n) is 1.05. The van der Waals surface area contributed by atoms with E-state index in [2.05, 4.69) is 39.8 Å². The Labute approximate surface area is 101 Å². The normalized spacial score (nSPS) is 12.6. The van der Waals surface area contributed by atoms with Crippen LogP contribution in [-0.2, 0) is 11.3 Å². The fourth-order valence-corrected chi connectivity index (χ4v) is 1.05. The Hall–Kier alpha value is -0.820. The Kier molecular flexibility index (Phi) is 7.07. The van der Waals surface area contributed by atoms with Gasteiger partial charge in [0.1, 0.15) is 0 Å². The van der Waals surface area contributed by atoms with Crippen LogP contribution in [0.15, 0.2) is 30.3 Å². The maximum Gasteiger partial charge on any atom is 0.0720 e. The van der Waals surface area contributed by atoms with Crippen LogP contribution in [0.4, 0.5) is 0 Å². The third kappa shape index (κ3) is 5.92. The molecule has 92 valence electrons. The average Bonchev–Trinajstić information content (AvgIpc) is 2.28. The number of hydrogen-bond donors (Lipinski definition) is 0. The van der Waals surface area contributed by atoms with E-state index in [1.54, 1.807) is 0 Å². The smallest absolute Gasteiger partial charge is 0.0720 e. The van der Waals surface area contributed by atoms with Gasteiger partial charge in [0.25, 0.3) is 0 Å². The Morgan fingerprint density at radius 3 is 2.00 bits per heavy atom. The first-order chi connectivity index (χ1) is 7.50. The van der Waals surface area contributed by atoms with Crippen LogP contribution in [0.5, 0.6) is 0 Å². The van der Waals surface area contributed by atoms with Crippen LogP contribution in [0.1, 0.15) is 47.1 Å². The highest BCUT2D eigenvalue weighted by atomic mass is 16.5. The summed E-state index contributed by atoms with van der Waals surface area (Å²) in [6.45, 7) is 13.4.